The predicted molar refractivity (Wildman–Crippen MR) is 81.1 cm³/mol. The van der Waals surface area contributed by atoms with Gasteiger partial charge in [0.05, 0.1) is 9.90 Å². The minimum absolute atomic E-state index is 0.241. The molecule has 0 aliphatic carbocycles. The van der Waals surface area contributed by atoms with Gasteiger partial charge in [-0.25, -0.2) is 0 Å². The van der Waals surface area contributed by atoms with E-state index < -0.39 is 0 Å². The van der Waals surface area contributed by atoms with E-state index in [1.165, 1.54) is 11.3 Å². The van der Waals surface area contributed by atoms with E-state index in [0.29, 0.717) is 26.5 Å². The highest BCUT2D eigenvalue weighted by atomic mass is 35.5. The Kier molecular flexibility index (Phi) is 4.34. The lowest BCUT2D eigenvalue weighted by molar-refractivity contribution is 0.0951. The van der Waals surface area contributed by atoms with Crippen molar-refractivity contribution in [3.63, 3.8) is 0 Å². The van der Waals surface area contributed by atoms with E-state index in [9.17, 15) is 4.79 Å². The summed E-state index contributed by atoms with van der Waals surface area (Å²) in [6.07, 6.45) is 0. The zero-order valence-electron chi connectivity index (χ0n) is 10.2. The largest absolute Gasteiger partial charge is 0.399 e. The number of nitrogen functional groups attached to an aromatic ring is 1. The van der Waals surface area contributed by atoms with Crippen LogP contribution in [0.4, 0.5) is 5.69 Å². The van der Waals surface area contributed by atoms with Gasteiger partial charge in [-0.3, -0.25) is 4.79 Å². The van der Waals surface area contributed by atoms with Crippen molar-refractivity contribution in [2.24, 2.45) is 0 Å². The molecule has 0 bridgehead atoms. The first-order valence-corrected chi connectivity index (χ1v) is 7.13. The Morgan fingerprint density at radius 2 is 2.16 bits per heavy atom. The van der Waals surface area contributed by atoms with E-state index in [1.54, 1.807) is 6.07 Å². The molecule has 0 saturated carbocycles. The first-order chi connectivity index (χ1) is 8.99. The highest BCUT2D eigenvalue weighted by molar-refractivity contribution is 7.20. The smallest absolute Gasteiger partial charge is 0.253 e. The number of halogens is 2. The Morgan fingerprint density at radius 3 is 2.79 bits per heavy atom. The van der Waals surface area contributed by atoms with E-state index in [0.717, 1.165) is 11.1 Å². The molecule has 1 heterocycles. The van der Waals surface area contributed by atoms with Crippen LogP contribution < -0.4 is 11.1 Å². The maximum Gasteiger partial charge on any atom is 0.253 e. The maximum atomic E-state index is 12.0. The second kappa shape index (κ2) is 5.82. The summed E-state index contributed by atoms with van der Waals surface area (Å²) in [6.45, 7) is 2.32. The highest BCUT2D eigenvalue weighted by Gasteiger charge is 2.14. The number of hydrogen-bond acceptors (Lipinski definition) is 3. The van der Waals surface area contributed by atoms with Gasteiger partial charge < -0.3 is 11.1 Å². The average molecular weight is 315 g/mol. The molecule has 2 aromatic rings. The Labute approximate surface area is 125 Å². The van der Waals surface area contributed by atoms with Gasteiger partial charge in [-0.2, -0.15) is 0 Å². The number of nitrogens with one attached hydrogen (secondary N) is 1. The zero-order valence-corrected chi connectivity index (χ0v) is 12.5. The first kappa shape index (κ1) is 14.2. The summed E-state index contributed by atoms with van der Waals surface area (Å²) in [6, 6.07) is 7.18. The quantitative estimate of drug-likeness (QED) is 0.845. The van der Waals surface area contributed by atoms with Crippen LogP contribution in [0.2, 0.25) is 8.67 Å². The van der Waals surface area contributed by atoms with Crippen molar-refractivity contribution < 1.29 is 4.79 Å². The third-order valence-electron chi connectivity index (χ3n) is 2.83. The number of amides is 1. The van der Waals surface area contributed by atoms with Gasteiger partial charge >= 0.3 is 0 Å². The summed E-state index contributed by atoms with van der Waals surface area (Å²) >= 11 is 12.9. The van der Waals surface area contributed by atoms with E-state index >= 15 is 0 Å². The van der Waals surface area contributed by atoms with Crippen LogP contribution in [0.1, 0.15) is 21.5 Å². The Hall–Kier alpha value is -1.23. The fourth-order valence-electron chi connectivity index (χ4n) is 1.66. The Balaban J connectivity index is 2.09. The fourth-order valence-corrected chi connectivity index (χ4v) is 3.12. The number of hydrogen-bond donors (Lipinski definition) is 2. The monoisotopic (exact) mass is 314 g/mol. The summed E-state index contributed by atoms with van der Waals surface area (Å²) in [7, 11) is 0. The van der Waals surface area contributed by atoms with Gasteiger partial charge in [0, 0.05) is 12.2 Å². The third-order valence-corrected chi connectivity index (χ3v) is 4.32. The number of thiophene rings is 1. The summed E-state index contributed by atoms with van der Waals surface area (Å²) in [5, 5.41) is 2.81. The van der Waals surface area contributed by atoms with Gasteiger partial charge in [0.1, 0.15) is 4.34 Å². The standard InChI is InChI=1S/C13H12Cl2N2OS/c1-7-8(3-2-4-10(7)16)6-17-13(18)9-5-11(14)19-12(9)15/h2-5H,6,16H2,1H3,(H,17,18). The van der Waals surface area contributed by atoms with Crippen molar-refractivity contribution >= 4 is 46.1 Å². The van der Waals surface area contributed by atoms with Crippen LogP contribution in [-0.4, -0.2) is 5.91 Å². The molecule has 1 aromatic carbocycles. The molecule has 0 spiro atoms. The molecule has 0 saturated heterocycles. The molecule has 0 unspecified atom stereocenters. The summed E-state index contributed by atoms with van der Waals surface area (Å²) < 4.78 is 0.891. The summed E-state index contributed by atoms with van der Waals surface area (Å²) in [4.78, 5) is 12.0. The second-order valence-corrected chi connectivity index (χ2v) is 6.34. The van der Waals surface area contributed by atoms with Crippen molar-refractivity contribution in [3.05, 3.63) is 49.6 Å². The van der Waals surface area contributed by atoms with Crippen molar-refractivity contribution in [1.82, 2.24) is 5.32 Å². The van der Waals surface area contributed by atoms with Crippen LogP contribution in [0.5, 0.6) is 0 Å². The molecule has 1 aromatic heterocycles. The number of anilines is 1. The molecule has 19 heavy (non-hydrogen) atoms. The molecule has 0 atom stereocenters. The van der Waals surface area contributed by atoms with Crippen LogP contribution in [0, 0.1) is 6.92 Å². The molecule has 100 valence electrons. The van der Waals surface area contributed by atoms with Gasteiger partial charge in [-0.05, 0) is 30.2 Å². The van der Waals surface area contributed by atoms with Crippen LogP contribution in [0.15, 0.2) is 24.3 Å². The number of carbonyl (C=O) groups excluding carboxylic acids is 1. The number of nitrogens with two attached hydrogens (primary N) is 1. The Morgan fingerprint density at radius 1 is 1.42 bits per heavy atom. The SMILES string of the molecule is Cc1c(N)cccc1CNC(=O)c1cc(Cl)sc1Cl. The second-order valence-electron chi connectivity index (χ2n) is 4.05. The normalized spacial score (nSPS) is 10.5. The summed E-state index contributed by atoms with van der Waals surface area (Å²) in [5.74, 6) is -0.241. The van der Waals surface area contributed by atoms with Crippen LogP contribution >= 0.6 is 34.5 Å². The van der Waals surface area contributed by atoms with E-state index in [2.05, 4.69) is 5.32 Å². The fraction of sp³-hybridized carbons (Fsp3) is 0.154. The van der Waals surface area contributed by atoms with Crippen LogP contribution in [-0.2, 0) is 6.54 Å². The molecule has 1 amide bonds. The molecule has 3 nitrogen and oxygen atoms in total. The molecular formula is C13H12Cl2N2OS. The minimum Gasteiger partial charge on any atom is -0.399 e. The lowest BCUT2D eigenvalue weighted by Crippen LogP contribution is -2.23. The lowest BCUT2D eigenvalue weighted by Gasteiger charge is -2.09. The summed E-state index contributed by atoms with van der Waals surface area (Å²) in [5.41, 5.74) is 8.88. The minimum atomic E-state index is -0.241. The lowest BCUT2D eigenvalue weighted by atomic mass is 10.1. The van der Waals surface area contributed by atoms with Crippen molar-refractivity contribution in [2.75, 3.05) is 5.73 Å². The average Bonchev–Trinajstić information content (AvgIpc) is 2.70. The molecule has 0 fully saturated rings. The number of rotatable bonds is 3. The van der Waals surface area contributed by atoms with Gasteiger partial charge in [0.25, 0.3) is 5.91 Å². The van der Waals surface area contributed by atoms with Gasteiger partial charge in [0.2, 0.25) is 0 Å². The highest BCUT2D eigenvalue weighted by Crippen LogP contribution is 2.31. The number of benzene rings is 1. The maximum absolute atomic E-state index is 12.0. The van der Waals surface area contributed by atoms with Crippen molar-refractivity contribution in [3.8, 4) is 0 Å². The van der Waals surface area contributed by atoms with Crippen LogP contribution in [0.3, 0.4) is 0 Å². The number of carbonyl (C=O) groups is 1. The van der Waals surface area contributed by atoms with E-state index in [-0.39, 0.29) is 5.91 Å². The van der Waals surface area contributed by atoms with Crippen LogP contribution in [0.25, 0.3) is 0 Å². The van der Waals surface area contributed by atoms with Crippen molar-refractivity contribution in [2.45, 2.75) is 13.5 Å². The van der Waals surface area contributed by atoms with E-state index in [1.807, 2.05) is 25.1 Å². The van der Waals surface area contributed by atoms with Crippen molar-refractivity contribution in [1.29, 1.82) is 0 Å². The molecule has 2 rings (SSSR count). The van der Waals surface area contributed by atoms with Gasteiger partial charge in [-0.1, -0.05) is 35.3 Å². The van der Waals surface area contributed by atoms with Gasteiger partial charge in [-0.15, -0.1) is 11.3 Å². The molecule has 0 aliphatic rings. The Bertz CT molecular complexity index is 625. The third kappa shape index (κ3) is 3.21. The first-order valence-electron chi connectivity index (χ1n) is 5.56. The molecular weight excluding hydrogens is 303 g/mol. The molecule has 0 radical (unpaired) electrons. The molecule has 0 aliphatic heterocycles. The van der Waals surface area contributed by atoms with Gasteiger partial charge in [0.15, 0.2) is 0 Å². The van der Waals surface area contributed by atoms with E-state index in [4.69, 9.17) is 28.9 Å². The topological polar surface area (TPSA) is 55.1 Å². The zero-order chi connectivity index (χ0) is 14.0. The predicted octanol–water partition coefficient (Wildman–Crippen LogP) is 3.88. The molecule has 3 N–H and O–H groups in total. The molecule has 6 heteroatoms.